The molecule has 1 saturated heterocycles. The van der Waals surface area contributed by atoms with Crippen molar-refractivity contribution in [2.45, 2.75) is 70.7 Å². The number of allylic oxidation sites excluding steroid dienone is 1. The Labute approximate surface area is 319 Å². The number of fused-ring (bicyclic) bond motifs is 1. The van der Waals surface area contributed by atoms with Gasteiger partial charge < -0.3 is 19.7 Å². The molecule has 5 rings (SSSR count). The molecule has 7 atom stereocenters. The minimum atomic E-state index is -0.756. The molecule has 2 N–H and O–H groups in total. The number of benzene rings is 4. The zero-order chi connectivity index (χ0) is 36.7. The van der Waals surface area contributed by atoms with Crippen LogP contribution in [0.2, 0.25) is 0 Å². The van der Waals surface area contributed by atoms with Crippen molar-refractivity contribution in [1.29, 1.82) is 0 Å². The van der Waals surface area contributed by atoms with Gasteiger partial charge in [0.15, 0.2) is 0 Å². The van der Waals surface area contributed by atoms with E-state index in [1.165, 1.54) is 7.14 Å². The first kappa shape index (κ1) is 39.8. The standard InChI is InChI=1S/C44H54IO7/c1-4-32(26-36(43-30-51-43)24-31(3)41(46)28-50-40-20-17-34-12-9-10-13-35(34)27-40)25-33(5-2)42(47)29-52-44(48)16-11-23-49-39-21-18-38(19-22-39)45-37-14-7-6-8-15-37/h4,6-10,12-15,17-22,27,31-33,36,41-43,46-47H,1,5,11,16,23-26,28-30H2,2-3H3/q-1. The van der Waals surface area contributed by atoms with Crippen LogP contribution in [0.15, 0.2) is 110 Å². The van der Waals surface area contributed by atoms with E-state index in [0.29, 0.717) is 13.0 Å². The van der Waals surface area contributed by atoms with Gasteiger partial charge >= 0.3 is 141 Å². The number of halogens is 1. The van der Waals surface area contributed by atoms with Crippen molar-refractivity contribution < 1.29 is 55.2 Å². The maximum absolute atomic E-state index is 12.5. The van der Waals surface area contributed by atoms with Gasteiger partial charge in [-0.25, -0.2) is 0 Å². The van der Waals surface area contributed by atoms with Crippen molar-refractivity contribution in [3.05, 3.63) is 117 Å². The quantitative estimate of drug-likeness (QED) is 0.0353. The van der Waals surface area contributed by atoms with E-state index >= 15 is 0 Å². The van der Waals surface area contributed by atoms with E-state index in [4.69, 9.17) is 18.9 Å². The number of rotatable bonds is 23. The van der Waals surface area contributed by atoms with Gasteiger partial charge in [0.1, 0.15) is 12.4 Å². The van der Waals surface area contributed by atoms with Crippen molar-refractivity contribution >= 4 is 16.7 Å². The van der Waals surface area contributed by atoms with Crippen LogP contribution in [0.4, 0.5) is 0 Å². The van der Waals surface area contributed by atoms with E-state index in [9.17, 15) is 15.0 Å². The number of hydrogen-bond donors (Lipinski definition) is 2. The Bertz CT molecular complexity index is 1660. The average Bonchev–Trinajstić information content (AvgIpc) is 4.02. The van der Waals surface area contributed by atoms with E-state index in [1.807, 2.05) is 54.6 Å². The molecule has 0 amide bonds. The number of aliphatic hydroxyl groups is 2. The van der Waals surface area contributed by atoms with E-state index in [0.717, 1.165) is 54.6 Å². The monoisotopic (exact) mass is 821 g/mol. The summed E-state index contributed by atoms with van der Waals surface area (Å²) in [6.07, 6.45) is 4.71. The van der Waals surface area contributed by atoms with E-state index < -0.39 is 12.2 Å². The summed E-state index contributed by atoms with van der Waals surface area (Å²) < 4.78 is 25.8. The molecule has 7 nitrogen and oxygen atoms in total. The van der Waals surface area contributed by atoms with Crippen LogP contribution in [0.3, 0.4) is 0 Å². The van der Waals surface area contributed by atoms with Gasteiger partial charge in [-0.1, -0.05) is 56.7 Å². The SMILES string of the molecule is C=CC(CC(CC)C(O)COC(=O)CCCOc1ccc([I-]c2ccccc2)cc1)CC(CC(C)C(O)COc1ccc2ccccc2c1)C1CO1. The summed E-state index contributed by atoms with van der Waals surface area (Å²) in [6, 6.07) is 32.8. The first-order valence-corrected chi connectivity index (χ1v) is 20.8. The summed E-state index contributed by atoms with van der Waals surface area (Å²) >= 11 is -0.214. The van der Waals surface area contributed by atoms with Gasteiger partial charge in [-0.3, -0.25) is 0 Å². The summed E-state index contributed by atoms with van der Waals surface area (Å²) in [6.45, 7) is 9.58. The van der Waals surface area contributed by atoms with Crippen molar-refractivity contribution in [3.8, 4) is 11.5 Å². The molecule has 1 heterocycles. The number of esters is 1. The largest absolute Gasteiger partial charge is 0.491 e. The molecule has 52 heavy (non-hydrogen) atoms. The van der Waals surface area contributed by atoms with Crippen LogP contribution in [0.25, 0.3) is 10.8 Å². The maximum atomic E-state index is 12.5. The van der Waals surface area contributed by atoms with Gasteiger partial charge in [0.05, 0.1) is 18.8 Å². The molecule has 1 fully saturated rings. The fourth-order valence-corrected chi connectivity index (χ4v) is 8.83. The number of aliphatic hydroxyl groups excluding tert-OH is 2. The van der Waals surface area contributed by atoms with Crippen LogP contribution >= 0.6 is 0 Å². The summed E-state index contributed by atoms with van der Waals surface area (Å²) in [5.74, 6) is 1.61. The van der Waals surface area contributed by atoms with Crippen LogP contribution in [0.5, 0.6) is 11.5 Å². The second-order valence-corrected chi connectivity index (χ2v) is 16.9. The summed E-state index contributed by atoms with van der Waals surface area (Å²) in [7, 11) is 0. The Kier molecular flexibility index (Phi) is 15.8. The molecule has 1 aliphatic heterocycles. The molecule has 1 aliphatic rings. The zero-order valence-electron chi connectivity index (χ0n) is 30.4. The molecule has 4 aromatic carbocycles. The first-order valence-electron chi connectivity index (χ1n) is 18.6. The predicted molar refractivity (Wildman–Crippen MR) is 201 cm³/mol. The Hall–Kier alpha value is -3.44. The smallest absolute Gasteiger partial charge is 0.120 e. The molecule has 7 unspecified atom stereocenters. The number of ether oxygens (including phenoxy) is 4. The molecule has 0 spiro atoms. The molecule has 0 aromatic heterocycles. The van der Waals surface area contributed by atoms with Crippen LogP contribution in [0, 0.1) is 30.8 Å². The van der Waals surface area contributed by atoms with Crippen LogP contribution in [-0.4, -0.2) is 60.9 Å². The summed E-state index contributed by atoms with van der Waals surface area (Å²) in [4.78, 5) is 12.5. The minimum absolute atomic E-state index is 0.0177. The third kappa shape index (κ3) is 12.9. The van der Waals surface area contributed by atoms with Crippen LogP contribution in [0.1, 0.15) is 52.4 Å². The van der Waals surface area contributed by atoms with Gasteiger partial charge in [0, 0.05) is 0 Å². The van der Waals surface area contributed by atoms with Crippen molar-refractivity contribution in [1.82, 2.24) is 0 Å². The molecule has 0 saturated carbocycles. The molecular weight excluding hydrogens is 767 g/mol. The van der Waals surface area contributed by atoms with Crippen molar-refractivity contribution in [2.24, 2.45) is 23.7 Å². The second-order valence-electron chi connectivity index (χ2n) is 13.9. The fourth-order valence-electron chi connectivity index (χ4n) is 6.62. The third-order valence-corrected chi connectivity index (χ3v) is 12.6. The maximum Gasteiger partial charge on any atom is 0.120 e. The topological polar surface area (TPSA) is 97.8 Å². The molecular formula is C44H54IO7-. The van der Waals surface area contributed by atoms with E-state index in [-0.39, 0.29) is 76.6 Å². The third-order valence-electron chi connectivity index (χ3n) is 9.94. The van der Waals surface area contributed by atoms with Gasteiger partial charge in [0.25, 0.3) is 0 Å². The predicted octanol–water partition coefficient (Wildman–Crippen LogP) is 5.12. The second kappa shape index (κ2) is 20.7. The van der Waals surface area contributed by atoms with Crippen molar-refractivity contribution in [3.63, 3.8) is 0 Å². The number of epoxide rings is 1. The average molecular weight is 822 g/mol. The van der Waals surface area contributed by atoms with Gasteiger partial charge in [-0.15, -0.1) is 6.58 Å². The summed E-state index contributed by atoms with van der Waals surface area (Å²) in [5, 5.41) is 24.3. The van der Waals surface area contributed by atoms with E-state index in [1.54, 1.807) is 0 Å². The van der Waals surface area contributed by atoms with E-state index in [2.05, 4.69) is 69.0 Å². The summed E-state index contributed by atoms with van der Waals surface area (Å²) in [5.41, 5.74) is 0. The molecule has 4 aromatic rings. The number of carbonyl (C=O) groups excluding carboxylic acids is 1. The molecule has 0 radical (unpaired) electrons. The molecule has 0 bridgehead atoms. The fraction of sp³-hybridized carbons (Fsp3) is 0.432. The Morgan fingerprint density at radius 3 is 2.27 bits per heavy atom. The first-order chi connectivity index (χ1) is 25.3. The molecule has 0 aliphatic carbocycles. The Morgan fingerprint density at radius 2 is 1.56 bits per heavy atom. The van der Waals surface area contributed by atoms with Crippen LogP contribution in [-0.2, 0) is 14.3 Å². The normalized spacial score (nSPS) is 17.4. The zero-order valence-corrected chi connectivity index (χ0v) is 32.6. The number of carbonyl (C=O) groups is 1. The number of hydrogen-bond acceptors (Lipinski definition) is 7. The van der Waals surface area contributed by atoms with Crippen LogP contribution < -0.4 is 30.7 Å². The van der Waals surface area contributed by atoms with Gasteiger partial charge in [0.2, 0.25) is 0 Å². The van der Waals surface area contributed by atoms with Gasteiger partial charge in [-0.2, -0.15) is 0 Å². The van der Waals surface area contributed by atoms with Crippen molar-refractivity contribution in [2.75, 3.05) is 26.4 Å². The van der Waals surface area contributed by atoms with Gasteiger partial charge in [-0.05, 0) is 65.8 Å². The Morgan fingerprint density at radius 1 is 0.865 bits per heavy atom. The molecule has 280 valence electrons. The Balaban J connectivity index is 0.992. The molecule has 8 heteroatoms. The minimum Gasteiger partial charge on any atom is -0.491 e.